The second-order valence-electron chi connectivity index (χ2n) is 5.12. The van der Waals surface area contributed by atoms with E-state index in [1.807, 2.05) is 32.9 Å². The number of nitrogens with zero attached hydrogens (tertiary/aromatic N) is 2. The highest BCUT2D eigenvalue weighted by Crippen LogP contribution is 2.28. The summed E-state index contributed by atoms with van der Waals surface area (Å²) in [5.74, 6) is 1.69. The Balaban J connectivity index is 2.24. The summed E-state index contributed by atoms with van der Waals surface area (Å²) in [6, 6.07) is 3.73. The maximum absolute atomic E-state index is 9.80. The van der Waals surface area contributed by atoms with Gasteiger partial charge < -0.3 is 14.9 Å². The van der Waals surface area contributed by atoms with Crippen molar-refractivity contribution >= 4 is 0 Å². The van der Waals surface area contributed by atoms with Crippen LogP contribution in [0.2, 0.25) is 0 Å². The fourth-order valence-electron chi connectivity index (χ4n) is 2.09. The summed E-state index contributed by atoms with van der Waals surface area (Å²) in [7, 11) is 0. The van der Waals surface area contributed by atoms with E-state index in [4.69, 9.17) is 4.52 Å². The number of nitrogens with one attached hydrogen (secondary N) is 1. The Labute approximate surface area is 119 Å². The Morgan fingerprint density at radius 1 is 1.30 bits per heavy atom. The molecule has 2 rings (SSSR count). The van der Waals surface area contributed by atoms with Crippen molar-refractivity contribution in [1.29, 1.82) is 0 Å². The first-order valence-corrected chi connectivity index (χ1v) is 6.87. The Morgan fingerprint density at radius 3 is 2.55 bits per heavy atom. The number of aromatic nitrogens is 2. The molecule has 1 atom stereocenters. The molecule has 1 heterocycles. The fraction of sp³-hybridized carbons (Fsp3) is 0.467. The molecule has 5 heteroatoms. The van der Waals surface area contributed by atoms with Crippen molar-refractivity contribution in [2.45, 2.75) is 33.6 Å². The molecule has 5 nitrogen and oxygen atoms in total. The minimum Gasteiger partial charge on any atom is -0.507 e. The van der Waals surface area contributed by atoms with Gasteiger partial charge in [0.25, 0.3) is 0 Å². The van der Waals surface area contributed by atoms with Crippen molar-refractivity contribution in [1.82, 2.24) is 15.5 Å². The van der Waals surface area contributed by atoms with Crippen molar-refractivity contribution in [2.24, 2.45) is 0 Å². The zero-order chi connectivity index (χ0) is 14.7. The highest BCUT2D eigenvalue weighted by atomic mass is 16.5. The standard InChI is InChI=1S/C15H21N3O2/c1-5-16-8-11(4)15-17-14(18-20-15)12-6-9(2)13(19)10(3)7-12/h6-7,11,16,19H,5,8H2,1-4H3. The van der Waals surface area contributed by atoms with Crippen LogP contribution in [0.25, 0.3) is 11.4 Å². The van der Waals surface area contributed by atoms with Gasteiger partial charge in [0.1, 0.15) is 5.75 Å². The average molecular weight is 275 g/mol. The molecule has 0 aliphatic carbocycles. The monoisotopic (exact) mass is 275 g/mol. The fourth-order valence-corrected chi connectivity index (χ4v) is 2.09. The second-order valence-corrected chi connectivity index (χ2v) is 5.12. The van der Waals surface area contributed by atoms with Crippen LogP contribution in [-0.4, -0.2) is 28.3 Å². The zero-order valence-corrected chi connectivity index (χ0v) is 12.4. The van der Waals surface area contributed by atoms with Crippen molar-refractivity contribution < 1.29 is 9.63 Å². The molecule has 0 spiro atoms. The van der Waals surface area contributed by atoms with Gasteiger partial charge >= 0.3 is 0 Å². The molecule has 0 aliphatic rings. The van der Waals surface area contributed by atoms with Crippen LogP contribution >= 0.6 is 0 Å². The number of phenolic OH excluding ortho intramolecular Hbond substituents is 1. The third kappa shape index (κ3) is 2.99. The highest BCUT2D eigenvalue weighted by Gasteiger charge is 2.16. The van der Waals surface area contributed by atoms with Crippen molar-refractivity contribution in [3.8, 4) is 17.1 Å². The first-order chi connectivity index (χ1) is 9.52. The van der Waals surface area contributed by atoms with Gasteiger partial charge in [0.2, 0.25) is 11.7 Å². The van der Waals surface area contributed by atoms with Crippen molar-refractivity contribution in [3.05, 3.63) is 29.2 Å². The number of aromatic hydroxyl groups is 1. The number of hydrogen-bond acceptors (Lipinski definition) is 5. The smallest absolute Gasteiger partial charge is 0.231 e. The van der Waals surface area contributed by atoms with Gasteiger partial charge in [-0.25, -0.2) is 0 Å². The van der Waals surface area contributed by atoms with E-state index in [2.05, 4.69) is 22.4 Å². The van der Waals surface area contributed by atoms with E-state index in [0.717, 1.165) is 29.8 Å². The van der Waals surface area contributed by atoms with E-state index in [9.17, 15) is 5.11 Å². The largest absolute Gasteiger partial charge is 0.507 e. The van der Waals surface area contributed by atoms with Gasteiger partial charge in [-0.1, -0.05) is 19.0 Å². The average Bonchev–Trinajstić information content (AvgIpc) is 2.91. The first kappa shape index (κ1) is 14.5. The Morgan fingerprint density at radius 2 is 1.95 bits per heavy atom. The van der Waals surface area contributed by atoms with E-state index in [0.29, 0.717) is 17.5 Å². The number of benzene rings is 1. The Hall–Kier alpha value is -1.88. The summed E-state index contributed by atoms with van der Waals surface area (Å²) >= 11 is 0. The molecule has 0 amide bonds. The minimum absolute atomic E-state index is 0.176. The number of likely N-dealkylation sites (N-methyl/N-ethyl adjacent to an activating group) is 1. The first-order valence-electron chi connectivity index (χ1n) is 6.87. The van der Waals surface area contributed by atoms with Gasteiger partial charge in [-0.3, -0.25) is 0 Å². The van der Waals surface area contributed by atoms with E-state index in [1.54, 1.807) is 0 Å². The lowest BCUT2D eigenvalue weighted by Gasteiger charge is -2.06. The van der Waals surface area contributed by atoms with Gasteiger partial charge in [0.05, 0.1) is 0 Å². The molecule has 1 aromatic heterocycles. The number of rotatable bonds is 5. The van der Waals surface area contributed by atoms with Crippen LogP contribution in [0.3, 0.4) is 0 Å². The third-order valence-corrected chi connectivity index (χ3v) is 3.31. The molecule has 0 saturated carbocycles. The molecule has 2 aromatic rings. The van der Waals surface area contributed by atoms with Crippen LogP contribution in [0.4, 0.5) is 0 Å². The van der Waals surface area contributed by atoms with Crippen LogP contribution < -0.4 is 5.32 Å². The van der Waals surface area contributed by atoms with E-state index >= 15 is 0 Å². The van der Waals surface area contributed by atoms with Crippen molar-refractivity contribution in [3.63, 3.8) is 0 Å². The Bertz CT molecular complexity index is 570. The summed E-state index contributed by atoms with van der Waals surface area (Å²) in [6.45, 7) is 9.57. The van der Waals surface area contributed by atoms with Gasteiger partial charge in [0, 0.05) is 18.0 Å². The van der Waals surface area contributed by atoms with E-state index in [-0.39, 0.29) is 5.92 Å². The summed E-state index contributed by atoms with van der Waals surface area (Å²) in [4.78, 5) is 4.45. The molecule has 0 bridgehead atoms. The SMILES string of the molecule is CCNCC(C)c1nc(-c2cc(C)c(O)c(C)c2)no1. The molecular formula is C15H21N3O2. The quantitative estimate of drug-likeness (QED) is 0.878. The summed E-state index contributed by atoms with van der Waals surface area (Å²) in [5.41, 5.74) is 2.49. The van der Waals surface area contributed by atoms with E-state index in [1.165, 1.54) is 0 Å². The lowest BCUT2D eigenvalue weighted by atomic mass is 10.1. The Kier molecular flexibility index (Phi) is 4.39. The molecular weight excluding hydrogens is 254 g/mol. The number of hydrogen-bond donors (Lipinski definition) is 2. The maximum Gasteiger partial charge on any atom is 0.231 e. The highest BCUT2D eigenvalue weighted by molar-refractivity contribution is 5.60. The predicted octanol–water partition coefficient (Wildman–Crippen LogP) is 2.77. The second kappa shape index (κ2) is 6.05. The number of aryl methyl sites for hydroxylation is 2. The molecule has 0 radical (unpaired) electrons. The lowest BCUT2D eigenvalue weighted by molar-refractivity contribution is 0.355. The van der Waals surface area contributed by atoms with Crippen LogP contribution in [-0.2, 0) is 0 Å². The van der Waals surface area contributed by atoms with Gasteiger partial charge in [-0.05, 0) is 43.7 Å². The van der Waals surface area contributed by atoms with Crippen LogP contribution in [0.5, 0.6) is 5.75 Å². The molecule has 108 valence electrons. The molecule has 2 N–H and O–H groups in total. The molecule has 1 aromatic carbocycles. The van der Waals surface area contributed by atoms with Crippen LogP contribution in [0.1, 0.15) is 36.8 Å². The molecule has 1 unspecified atom stereocenters. The normalized spacial score (nSPS) is 12.6. The maximum atomic E-state index is 9.80. The number of phenols is 1. The molecule has 20 heavy (non-hydrogen) atoms. The van der Waals surface area contributed by atoms with Crippen LogP contribution in [0, 0.1) is 13.8 Å². The minimum atomic E-state index is 0.176. The summed E-state index contributed by atoms with van der Waals surface area (Å²) in [5, 5.41) is 17.1. The molecule has 0 aliphatic heterocycles. The molecule has 0 fully saturated rings. The topological polar surface area (TPSA) is 71.2 Å². The van der Waals surface area contributed by atoms with Gasteiger partial charge in [-0.2, -0.15) is 4.98 Å². The predicted molar refractivity (Wildman–Crippen MR) is 77.8 cm³/mol. The van der Waals surface area contributed by atoms with E-state index < -0.39 is 0 Å². The van der Waals surface area contributed by atoms with Crippen molar-refractivity contribution in [2.75, 3.05) is 13.1 Å². The van der Waals surface area contributed by atoms with Gasteiger partial charge in [0.15, 0.2) is 0 Å². The summed E-state index contributed by atoms with van der Waals surface area (Å²) < 4.78 is 5.32. The zero-order valence-electron chi connectivity index (χ0n) is 12.4. The third-order valence-electron chi connectivity index (χ3n) is 3.31. The van der Waals surface area contributed by atoms with Crippen LogP contribution in [0.15, 0.2) is 16.7 Å². The van der Waals surface area contributed by atoms with Gasteiger partial charge in [-0.15, -0.1) is 0 Å². The lowest BCUT2D eigenvalue weighted by Crippen LogP contribution is -2.19. The molecule has 0 saturated heterocycles. The summed E-state index contributed by atoms with van der Waals surface area (Å²) in [6.07, 6.45) is 0.